The maximum absolute atomic E-state index is 13.9. The molecule has 4 rings (SSSR count). The van der Waals surface area contributed by atoms with E-state index in [0.717, 1.165) is 47.9 Å². The SMILES string of the molecule is COc1cccc(-c2cccc(CN3CCCC3C(=O)NCc3ccc(F)cc3F)c2)c1. The van der Waals surface area contributed by atoms with Crippen LogP contribution in [0.2, 0.25) is 0 Å². The Morgan fingerprint density at radius 1 is 1.06 bits per heavy atom. The van der Waals surface area contributed by atoms with Crippen molar-refractivity contribution in [3.63, 3.8) is 0 Å². The molecule has 1 N–H and O–H groups in total. The summed E-state index contributed by atoms with van der Waals surface area (Å²) in [5, 5.41) is 2.81. The number of rotatable bonds is 7. The fourth-order valence-corrected chi connectivity index (χ4v) is 4.16. The zero-order chi connectivity index (χ0) is 22.5. The van der Waals surface area contributed by atoms with Crippen molar-refractivity contribution < 1.29 is 18.3 Å². The molecular weight excluding hydrogens is 410 g/mol. The first-order chi connectivity index (χ1) is 15.5. The van der Waals surface area contributed by atoms with Gasteiger partial charge in [0.05, 0.1) is 13.2 Å². The van der Waals surface area contributed by atoms with Crippen molar-refractivity contribution in [3.05, 3.63) is 89.5 Å². The van der Waals surface area contributed by atoms with E-state index in [4.69, 9.17) is 4.74 Å². The van der Waals surface area contributed by atoms with Gasteiger partial charge in [-0.2, -0.15) is 0 Å². The number of likely N-dealkylation sites (tertiary alicyclic amines) is 1. The number of amides is 1. The van der Waals surface area contributed by atoms with Crippen LogP contribution in [0, 0.1) is 11.6 Å². The summed E-state index contributed by atoms with van der Waals surface area (Å²) in [5.41, 5.74) is 3.56. The summed E-state index contributed by atoms with van der Waals surface area (Å²) >= 11 is 0. The zero-order valence-electron chi connectivity index (χ0n) is 18.0. The molecule has 0 spiro atoms. The van der Waals surface area contributed by atoms with Crippen LogP contribution in [0.1, 0.15) is 24.0 Å². The molecule has 0 bridgehead atoms. The minimum atomic E-state index is -0.650. The van der Waals surface area contributed by atoms with Gasteiger partial charge in [0.25, 0.3) is 0 Å². The maximum atomic E-state index is 13.9. The smallest absolute Gasteiger partial charge is 0.237 e. The van der Waals surface area contributed by atoms with Gasteiger partial charge in [0.15, 0.2) is 0 Å². The number of methoxy groups -OCH3 is 1. The Labute approximate surface area is 186 Å². The second kappa shape index (κ2) is 9.92. The highest BCUT2D eigenvalue weighted by Gasteiger charge is 2.30. The van der Waals surface area contributed by atoms with Crippen LogP contribution in [0.25, 0.3) is 11.1 Å². The van der Waals surface area contributed by atoms with E-state index in [2.05, 4.69) is 28.4 Å². The largest absolute Gasteiger partial charge is 0.497 e. The predicted octanol–water partition coefficient (Wildman–Crippen LogP) is 4.92. The summed E-state index contributed by atoms with van der Waals surface area (Å²) in [4.78, 5) is 14.9. The Morgan fingerprint density at radius 2 is 1.84 bits per heavy atom. The molecule has 1 amide bonds. The highest BCUT2D eigenvalue weighted by atomic mass is 19.1. The van der Waals surface area contributed by atoms with Gasteiger partial charge in [0, 0.05) is 24.7 Å². The molecule has 0 aliphatic carbocycles. The third-order valence-corrected chi connectivity index (χ3v) is 5.85. The molecule has 166 valence electrons. The van der Waals surface area contributed by atoms with Gasteiger partial charge in [0.1, 0.15) is 17.4 Å². The molecule has 1 atom stereocenters. The van der Waals surface area contributed by atoms with Gasteiger partial charge >= 0.3 is 0 Å². The molecule has 3 aromatic rings. The molecule has 32 heavy (non-hydrogen) atoms. The molecule has 0 aromatic heterocycles. The number of carbonyl (C=O) groups is 1. The molecule has 1 fully saturated rings. The zero-order valence-corrected chi connectivity index (χ0v) is 18.0. The molecule has 4 nitrogen and oxygen atoms in total. The number of halogens is 2. The second-order valence-corrected chi connectivity index (χ2v) is 8.01. The highest BCUT2D eigenvalue weighted by Crippen LogP contribution is 2.26. The number of nitrogens with one attached hydrogen (secondary N) is 1. The van der Waals surface area contributed by atoms with Crippen LogP contribution < -0.4 is 10.1 Å². The van der Waals surface area contributed by atoms with E-state index in [-0.39, 0.29) is 24.1 Å². The summed E-state index contributed by atoms with van der Waals surface area (Å²) < 4.78 is 32.3. The summed E-state index contributed by atoms with van der Waals surface area (Å²) in [6, 6.07) is 19.3. The summed E-state index contributed by atoms with van der Waals surface area (Å²) in [6.07, 6.45) is 1.69. The van der Waals surface area contributed by atoms with Gasteiger partial charge in [-0.05, 0) is 60.3 Å². The molecule has 1 heterocycles. The lowest BCUT2D eigenvalue weighted by molar-refractivity contribution is -0.125. The predicted molar refractivity (Wildman–Crippen MR) is 120 cm³/mol. The highest BCUT2D eigenvalue weighted by molar-refractivity contribution is 5.82. The van der Waals surface area contributed by atoms with Crippen LogP contribution in [0.5, 0.6) is 5.75 Å². The minimum Gasteiger partial charge on any atom is -0.497 e. The molecule has 1 unspecified atom stereocenters. The first kappa shape index (κ1) is 22.0. The Balaban J connectivity index is 1.42. The second-order valence-electron chi connectivity index (χ2n) is 8.01. The first-order valence-corrected chi connectivity index (χ1v) is 10.7. The van der Waals surface area contributed by atoms with Crippen LogP contribution in [0.3, 0.4) is 0 Å². The molecule has 3 aromatic carbocycles. The molecular formula is C26H26F2N2O2. The number of carbonyl (C=O) groups excluding carboxylic acids is 1. The van der Waals surface area contributed by atoms with Crippen LogP contribution in [0.4, 0.5) is 8.78 Å². The Kier molecular flexibility index (Phi) is 6.81. The van der Waals surface area contributed by atoms with Crippen LogP contribution in [0.15, 0.2) is 66.7 Å². The topological polar surface area (TPSA) is 41.6 Å². The van der Waals surface area contributed by atoms with Crippen molar-refractivity contribution >= 4 is 5.91 Å². The van der Waals surface area contributed by atoms with E-state index in [1.165, 1.54) is 12.1 Å². The first-order valence-electron chi connectivity index (χ1n) is 10.7. The van der Waals surface area contributed by atoms with E-state index in [9.17, 15) is 13.6 Å². The molecule has 1 aliphatic rings. The summed E-state index contributed by atoms with van der Waals surface area (Å²) in [5.74, 6) is -0.601. The van der Waals surface area contributed by atoms with Crippen molar-refractivity contribution in [1.82, 2.24) is 10.2 Å². The van der Waals surface area contributed by atoms with Gasteiger partial charge in [-0.15, -0.1) is 0 Å². The van der Waals surface area contributed by atoms with Crippen LogP contribution >= 0.6 is 0 Å². The minimum absolute atomic E-state index is 0.0423. The van der Waals surface area contributed by atoms with Gasteiger partial charge in [-0.25, -0.2) is 8.78 Å². The lowest BCUT2D eigenvalue weighted by Gasteiger charge is -2.24. The number of ether oxygens (including phenoxy) is 1. The molecule has 0 saturated carbocycles. The third-order valence-electron chi connectivity index (χ3n) is 5.85. The standard InChI is InChI=1S/C26H26F2N2O2/c1-32-23-8-3-7-20(14-23)19-6-2-5-18(13-19)17-30-12-4-9-25(30)26(31)29-16-21-10-11-22(27)15-24(21)28/h2-3,5-8,10-11,13-15,25H,4,9,12,16-17H2,1H3,(H,29,31). The lowest BCUT2D eigenvalue weighted by Crippen LogP contribution is -2.42. The van der Waals surface area contributed by atoms with Gasteiger partial charge in [-0.3, -0.25) is 9.69 Å². The Bertz CT molecular complexity index is 1100. The van der Waals surface area contributed by atoms with Crippen molar-refractivity contribution in [2.75, 3.05) is 13.7 Å². The van der Waals surface area contributed by atoms with E-state index < -0.39 is 11.6 Å². The fourth-order valence-electron chi connectivity index (χ4n) is 4.16. The number of benzene rings is 3. The van der Waals surface area contributed by atoms with Gasteiger partial charge in [0.2, 0.25) is 5.91 Å². The van der Waals surface area contributed by atoms with E-state index in [1.54, 1.807) is 7.11 Å². The molecule has 6 heteroatoms. The van der Waals surface area contributed by atoms with E-state index in [1.807, 2.05) is 30.3 Å². The quantitative estimate of drug-likeness (QED) is 0.572. The Morgan fingerprint density at radius 3 is 2.62 bits per heavy atom. The maximum Gasteiger partial charge on any atom is 0.237 e. The van der Waals surface area contributed by atoms with E-state index in [0.29, 0.717) is 6.54 Å². The lowest BCUT2D eigenvalue weighted by atomic mass is 10.0. The van der Waals surface area contributed by atoms with Crippen molar-refractivity contribution in [1.29, 1.82) is 0 Å². The van der Waals surface area contributed by atoms with Crippen molar-refractivity contribution in [2.24, 2.45) is 0 Å². The van der Waals surface area contributed by atoms with Gasteiger partial charge in [-0.1, -0.05) is 36.4 Å². The van der Waals surface area contributed by atoms with E-state index >= 15 is 0 Å². The normalized spacial score (nSPS) is 16.2. The van der Waals surface area contributed by atoms with Crippen LogP contribution in [-0.4, -0.2) is 30.5 Å². The molecule has 1 aliphatic heterocycles. The average Bonchev–Trinajstić information content (AvgIpc) is 3.26. The van der Waals surface area contributed by atoms with Crippen molar-refractivity contribution in [3.8, 4) is 16.9 Å². The number of hydrogen-bond acceptors (Lipinski definition) is 3. The fraction of sp³-hybridized carbons (Fsp3) is 0.269. The van der Waals surface area contributed by atoms with Crippen molar-refractivity contribution in [2.45, 2.75) is 32.0 Å². The van der Waals surface area contributed by atoms with Gasteiger partial charge < -0.3 is 10.1 Å². The molecule has 1 saturated heterocycles. The molecule has 0 radical (unpaired) electrons. The monoisotopic (exact) mass is 436 g/mol. The Hall–Kier alpha value is -3.25. The van der Waals surface area contributed by atoms with Crippen LogP contribution in [-0.2, 0) is 17.9 Å². The third kappa shape index (κ3) is 5.14. The number of hydrogen-bond donors (Lipinski definition) is 1. The summed E-state index contributed by atoms with van der Waals surface area (Å²) in [7, 11) is 1.65. The summed E-state index contributed by atoms with van der Waals surface area (Å²) in [6.45, 7) is 1.52. The number of nitrogens with zero attached hydrogens (tertiary/aromatic N) is 1. The average molecular weight is 437 g/mol.